The molecule has 0 spiro atoms. The van der Waals surface area contributed by atoms with E-state index in [4.69, 9.17) is 4.42 Å². The van der Waals surface area contributed by atoms with Crippen LogP contribution >= 0.6 is 0 Å². The molecule has 1 heterocycles. The van der Waals surface area contributed by atoms with Crippen LogP contribution in [0.1, 0.15) is 24.3 Å². The van der Waals surface area contributed by atoms with Crippen LogP contribution in [0.2, 0.25) is 0 Å². The fraction of sp³-hybridized carbons (Fsp3) is 0.231. The van der Waals surface area contributed by atoms with Gasteiger partial charge in [-0.25, -0.2) is 4.39 Å². The Morgan fingerprint density at radius 1 is 1.21 bits per heavy atom. The number of hydrogen-bond acceptors (Lipinski definition) is 2. The van der Waals surface area contributed by atoms with E-state index in [2.05, 4.69) is 5.32 Å². The topological polar surface area (TPSA) is 25.2 Å². The number of halogens is 4. The summed E-state index contributed by atoms with van der Waals surface area (Å²) in [5.74, 6) is -0.707. The molecule has 0 saturated carbocycles. The molecule has 0 aliphatic heterocycles. The second kappa shape index (κ2) is 4.95. The predicted octanol–water partition coefficient (Wildman–Crippen LogP) is 4.61. The third-order valence-electron chi connectivity index (χ3n) is 2.62. The van der Waals surface area contributed by atoms with Crippen molar-refractivity contribution in [2.24, 2.45) is 0 Å². The molecule has 1 unspecified atom stereocenters. The van der Waals surface area contributed by atoms with Gasteiger partial charge in [0, 0.05) is 5.69 Å². The van der Waals surface area contributed by atoms with E-state index in [9.17, 15) is 17.6 Å². The molecule has 0 aliphatic carbocycles. The standard InChI is InChI=1S/C13H11F4NO/c1-8(12-3-2-6-19-12)18-9-4-5-11(14)10(7-9)13(15,16)17/h2-8,18H,1H3. The Morgan fingerprint density at radius 2 is 1.95 bits per heavy atom. The highest BCUT2D eigenvalue weighted by atomic mass is 19.4. The van der Waals surface area contributed by atoms with Crippen LogP contribution < -0.4 is 5.32 Å². The molecule has 2 rings (SSSR count). The van der Waals surface area contributed by atoms with Crippen molar-refractivity contribution in [1.29, 1.82) is 0 Å². The summed E-state index contributed by atoms with van der Waals surface area (Å²) in [6, 6.07) is 5.85. The molecule has 102 valence electrons. The zero-order valence-electron chi connectivity index (χ0n) is 9.96. The van der Waals surface area contributed by atoms with Gasteiger partial charge in [-0.05, 0) is 37.3 Å². The molecule has 2 nitrogen and oxygen atoms in total. The first-order valence-corrected chi connectivity index (χ1v) is 5.54. The van der Waals surface area contributed by atoms with Crippen molar-refractivity contribution in [1.82, 2.24) is 0 Å². The van der Waals surface area contributed by atoms with Crippen molar-refractivity contribution >= 4 is 5.69 Å². The second-order valence-corrected chi connectivity index (χ2v) is 4.07. The van der Waals surface area contributed by atoms with Crippen LogP contribution in [0, 0.1) is 5.82 Å². The number of furan rings is 1. The van der Waals surface area contributed by atoms with Gasteiger partial charge in [0.2, 0.25) is 0 Å². The van der Waals surface area contributed by atoms with Gasteiger partial charge in [-0.1, -0.05) is 0 Å². The lowest BCUT2D eigenvalue weighted by atomic mass is 10.1. The molecule has 19 heavy (non-hydrogen) atoms. The van der Waals surface area contributed by atoms with E-state index in [1.807, 2.05) is 0 Å². The molecule has 0 radical (unpaired) electrons. The molecule has 1 N–H and O–H groups in total. The van der Waals surface area contributed by atoms with Crippen molar-refractivity contribution in [2.75, 3.05) is 5.32 Å². The van der Waals surface area contributed by atoms with Gasteiger partial charge in [0.1, 0.15) is 11.6 Å². The third-order valence-corrected chi connectivity index (χ3v) is 2.62. The number of nitrogens with one attached hydrogen (secondary N) is 1. The number of rotatable bonds is 3. The van der Waals surface area contributed by atoms with Crippen LogP contribution in [0.25, 0.3) is 0 Å². The fourth-order valence-corrected chi connectivity index (χ4v) is 1.69. The van der Waals surface area contributed by atoms with Gasteiger partial charge in [-0.3, -0.25) is 0 Å². The van der Waals surface area contributed by atoms with Crippen LogP contribution in [0.5, 0.6) is 0 Å². The van der Waals surface area contributed by atoms with Crippen molar-refractivity contribution in [3.8, 4) is 0 Å². The monoisotopic (exact) mass is 273 g/mol. The molecule has 1 atom stereocenters. The highest BCUT2D eigenvalue weighted by molar-refractivity contribution is 5.48. The minimum absolute atomic E-state index is 0.178. The number of anilines is 1. The van der Waals surface area contributed by atoms with Crippen LogP contribution in [-0.2, 0) is 6.18 Å². The number of benzene rings is 1. The summed E-state index contributed by atoms with van der Waals surface area (Å²) < 4.78 is 55.9. The summed E-state index contributed by atoms with van der Waals surface area (Å²) >= 11 is 0. The molecule has 0 fully saturated rings. The molecule has 0 bridgehead atoms. The molecule has 2 aromatic rings. The van der Waals surface area contributed by atoms with E-state index in [-0.39, 0.29) is 11.7 Å². The van der Waals surface area contributed by atoms with Crippen LogP contribution in [0.4, 0.5) is 23.2 Å². The van der Waals surface area contributed by atoms with Crippen LogP contribution in [-0.4, -0.2) is 0 Å². The van der Waals surface area contributed by atoms with Gasteiger partial charge in [-0.15, -0.1) is 0 Å². The van der Waals surface area contributed by atoms with Crippen molar-refractivity contribution < 1.29 is 22.0 Å². The molecule has 1 aromatic heterocycles. The first-order chi connectivity index (χ1) is 8.88. The first kappa shape index (κ1) is 13.5. The smallest absolute Gasteiger partial charge is 0.419 e. The maximum Gasteiger partial charge on any atom is 0.419 e. The second-order valence-electron chi connectivity index (χ2n) is 4.07. The Morgan fingerprint density at radius 3 is 2.53 bits per heavy atom. The SMILES string of the molecule is CC(Nc1ccc(F)c(C(F)(F)F)c1)c1ccco1. The normalized spacial score (nSPS) is 13.3. The van der Waals surface area contributed by atoms with Crippen molar-refractivity contribution in [2.45, 2.75) is 19.1 Å². The average molecular weight is 273 g/mol. The molecule has 0 aliphatic rings. The fourth-order valence-electron chi connectivity index (χ4n) is 1.69. The lowest BCUT2D eigenvalue weighted by Gasteiger charge is -2.15. The molecule has 6 heteroatoms. The Balaban J connectivity index is 2.22. The zero-order valence-corrected chi connectivity index (χ0v) is 9.96. The van der Waals surface area contributed by atoms with Crippen LogP contribution in [0.3, 0.4) is 0 Å². The summed E-state index contributed by atoms with van der Waals surface area (Å²) in [4.78, 5) is 0. The zero-order chi connectivity index (χ0) is 14.0. The summed E-state index contributed by atoms with van der Waals surface area (Å²) in [5.41, 5.74) is -1.11. The van der Waals surface area contributed by atoms with Crippen LogP contribution in [0.15, 0.2) is 41.0 Å². The van der Waals surface area contributed by atoms with Gasteiger partial charge in [-0.2, -0.15) is 13.2 Å². The minimum Gasteiger partial charge on any atom is -0.467 e. The van der Waals surface area contributed by atoms with Gasteiger partial charge in [0.25, 0.3) is 0 Å². The van der Waals surface area contributed by atoms with Gasteiger partial charge >= 0.3 is 6.18 Å². The highest BCUT2D eigenvalue weighted by Gasteiger charge is 2.34. The lowest BCUT2D eigenvalue weighted by molar-refractivity contribution is -0.139. The Labute approximate surface area is 107 Å². The maximum absolute atomic E-state index is 13.1. The molecular formula is C13H11F4NO. The van der Waals surface area contributed by atoms with Gasteiger partial charge in [0.15, 0.2) is 0 Å². The number of hydrogen-bond donors (Lipinski definition) is 1. The molecule has 0 amide bonds. The quantitative estimate of drug-likeness (QED) is 0.826. The maximum atomic E-state index is 13.1. The summed E-state index contributed by atoms with van der Waals surface area (Å²) in [7, 11) is 0. The number of alkyl halides is 3. The minimum atomic E-state index is -4.71. The summed E-state index contributed by atoms with van der Waals surface area (Å²) in [6.07, 6.45) is -3.24. The summed E-state index contributed by atoms with van der Waals surface area (Å²) in [5, 5.41) is 2.82. The Kier molecular flexibility index (Phi) is 3.50. The van der Waals surface area contributed by atoms with E-state index in [0.29, 0.717) is 5.76 Å². The molecular weight excluding hydrogens is 262 g/mol. The highest BCUT2D eigenvalue weighted by Crippen LogP contribution is 2.33. The largest absolute Gasteiger partial charge is 0.467 e. The van der Waals surface area contributed by atoms with Gasteiger partial charge in [0.05, 0.1) is 17.9 Å². The van der Waals surface area contributed by atoms with E-state index in [1.54, 1.807) is 19.1 Å². The van der Waals surface area contributed by atoms with Crippen molar-refractivity contribution in [3.63, 3.8) is 0 Å². The van der Waals surface area contributed by atoms with Gasteiger partial charge < -0.3 is 9.73 Å². The summed E-state index contributed by atoms with van der Waals surface area (Å²) in [6.45, 7) is 1.73. The third kappa shape index (κ3) is 3.07. The first-order valence-electron chi connectivity index (χ1n) is 5.54. The van der Waals surface area contributed by atoms with E-state index >= 15 is 0 Å². The predicted molar refractivity (Wildman–Crippen MR) is 62.1 cm³/mol. The molecule has 1 aromatic carbocycles. The van der Waals surface area contributed by atoms with E-state index < -0.39 is 17.6 Å². The lowest BCUT2D eigenvalue weighted by Crippen LogP contribution is -2.11. The Hall–Kier alpha value is -1.98. The molecule has 0 saturated heterocycles. The van der Waals surface area contributed by atoms with E-state index in [1.165, 1.54) is 12.3 Å². The van der Waals surface area contributed by atoms with E-state index in [0.717, 1.165) is 12.1 Å². The average Bonchev–Trinajstić information content (AvgIpc) is 2.83. The van der Waals surface area contributed by atoms with Crippen molar-refractivity contribution in [3.05, 3.63) is 53.7 Å². The Bertz CT molecular complexity index is 548.